The third kappa shape index (κ3) is 5.03. The first-order chi connectivity index (χ1) is 12.1. The average molecular weight is 357 g/mol. The number of rotatable bonds is 8. The van der Waals surface area contributed by atoms with Gasteiger partial charge < -0.3 is 10.1 Å². The van der Waals surface area contributed by atoms with Gasteiger partial charge in [0.2, 0.25) is 5.91 Å². The summed E-state index contributed by atoms with van der Waals surface area (Å²) in [5.74, 6) is -0.423. The number of esters is 1. The fourth-order valence-electron chi connectivity index (χ4n) is 2.41. The molecule has 1 amide bonds. The number of thiophene rings is 1. The van der Waals surface area contributed by atoms with Crippen LogP contribution in [0.4, 0.5) is 5.00 Å². The molecule has 1 aromatic carbocycles. The zero-order valence-electron chi connectivity index (χ0n) is 14.6. The molecule has 1 atom stereocenters. The number of carbonyl (C=O) groups excluding carboxylic acids is 2. The van der Waals surface area contributed by atoms with Crippen molar-refractivity contribution in [2.24, 2.45) is 0 Å². The number of allylic oxidation sites excluding steroid dienone is 1. The van der Waals surface area contributed by atoms with E-state index in [1.165, 1.54) is 11.3 Å². The summed E-state index contributed by atoms with van der Waals surface area (Å²) in [4.78, 5) is 25.3. The van der Waals surface area contributed by atoms with Crippen LogP contribution in [0.25, 0.3) is 0 Å². The Hall–Kier alpha value is -2.40. The number of hydrogen-bond donors (Lipinski definition) is 1. The van der Waals surface area contributed by atoms with Crippen molar-refractivity contribution in [1.29, 1.82) is 0 Å². The van der Waals surface area contributed by atoms with Gasteiger partial charge >= 0.3 is 5.97 Å². The molecule has 1 N–H and O–H groups in total. The molecule has 0 aliphatic carbocycles. The molecule has 0 spiro atoms. The standard InChI is InChI=1S/C20H23NO3S/c1-4-6-12-18(22)21-19-16(20(23)24-5-2)13-17(25-19)14(3)15-10-8-7-9-11-15/h4,7-11,13-14H,1,5-6,12H2,2-3H3,(H,21,22). The summed E-state index contributed by atoms with van der Waals surface area (Å²) in [6.07, 6.45) is 2.63. The Labute approximate surface area is 152 Å². The van der Waals surface area contributed by atoms with Gasteiger partial charge in [0.15, 0.2) is 0 Å². The van der Waals surface area contributed by atoms with Gasteiger partial charge in [0.05, 0.1) is 12.2 Å². The predicted molar refractivity (Wildman–Crippen MR) is 102 cm³/mol. The van der Waals surface area contributed by atoms with Crippen LogP contribution in [0.5, 0.6) is 0 Å². The van der Waals surface area contributed by atoms with Crippen molar-refractivity contribution in [3.63, 3.8) is 0 Å². The van der Waals surface area contributed by atoms with E-state index in [0.29, 0.717) is 30.0 Å². The highest BCUT2D eigenvalue weighted by atomic mass is 32.1. The maximum atomic E-state index is 12.3. The van der Waals surface area contributed by atoms with Crippen molar-refractivity contribution in [3.8, 4) is 0 Å². The molecule has 4 nitrogen and oxygen atoms in total. The SMILES string of the molecule is C=CCCC(=O)Nc1sc(C(C)c2ccccc2)cc1C(=O)OCC. The third-order valence-corrected chi connectivity index (χ3v) is 5.03. The summed E-state index contributed by atoms with van der Waals surface area (Å²) in [5.41, 5.74) is 1.57. The van der Waals surface area contributed by atoms with Crippen LogP contribution in [-0.4, -0.2) is 18.5 Å². The molecule has 0 aliphatic rings. The van der Waals surface area contributed by atoms with Crippen LogP contribution in [0.1, 0.15) is 53.4 Å². The quantitative estimate of drug-likeness (QED) is 0.535. The van der Waals surface area contributed by atoms with Gasteiger partial charge in [0.1, 0.15) is 5.00 Å². The van der Waals surface area contributed by atoms with E-state index in [1.807, 2.05) is 24.3 Å². The molecule has 25 heavy (non-hydrogen) atoms. The summed E-state index contributed by atoms with van der Waals surface area (Å²) >= 11 is 1.42. The molecule has 132 valence electrons. The van der Waals surface area contributed by atoms with E-state index in [2.05, 4.69) is 31.0 Å². The maximum absolute atomic E-state index is 12.3. The van der Waals surface area contributed by atoms with Crippen LogP contribution in [-0.2, 0) is 9.53 Å². The highest BCUT2D eigenvalue weighted by Crippen LogP contribution is 2.36. The second kappa shape index (κ2) is 9.18. The van der Waals surface area contributed by atoms with E-state index in [4.69, 9.17) is 4.74 Å². The van der Waals surface area contributed by atoms with Gasteiger partial charge in [-0.2, -0.15) is 0 Å². The first-order valence-electron chi connectivity index (χ1n) is 8.33. The van der Waals surface area contributed by atoms with E-state index in [1.54, 1.807) is 13.0 Å². The zero-order valence-corrected chi connectivity index (χ0v) is 15.4. The van der Waals surface area contributed by atoms with E-state index in [0.717, 1.165) is 10.4 Å². The van der Waals surface area contributed by atoms with Crippen LogP contribution in [0.3, 0.4) is 0 Å². The monoisotopic (exact) mass is 357 g/mol. The van der Waals surface area contributed by atoms with Gasteiger partial charge in [0, 0.05) is 17.2 Å². The summed E-state index contributed by atoms with van der Waals surface area (Å²) in [6.45, 7) is 7.76. The lowest BCUT2D eigenvalue weighted by Gasteiger charge is -2.09. The number of hydrogen-bond acceptors (Lipinski definition) is 4. The minimum absolute atomic E-state index is 0.123. The fourth-order valence-corrected chi connectivity index (χ4v) is 3.55. The first kappa shape index (κ1) is 18.9. The lowest BCUT2D eigenvalue weighted by molar-refractivity contribution is -0.116. The van der Waals surface area contributed by atoms with Crippen molar-refractivity contribution in [3.05, 3.63) is 65.1 Å². The zero-order chi connectivity index (χ0) is 18.2. The summed E-state index contributed by atoms with van der Waals surface area (Å²) in [5, 5.41) is 3.39. The molecular formula is C20H23NO3S. The Morgan fingerprint density at radius 1 is 1.32 bits per heavy atom. The largest absolute Gasteiger partial charge is 0.462 e. The van der Waals surface area contributed by atoms with Crippen molar-refractivity contribution in [2.45, 2.75) is 32.6 Å². The number of amides is 1. The fraction of sp³-hybridized carbons (Fsp3) is 0.300. The van der Waals surface area contributed by atoms with Gasteiger partial charge in [-0.25, -0.2) is 4.79 Å². The molecule has 0 aliphatic heterocycles. The molecule has 0 radical (unpaired) electrons. The molecule has 2 rings (SSSR count). The van der Waals surface area contributed by atoms with E-state index in [-0.39, 0.29) is 11.8 Å². The first-order valence-corrected chi connectivity index (χ1v) is 9.15. The van der Waals surface area contributed by atoms with E-state index in [9.17, 15) is 9.59 Å². The molecule has 5 heteroatoms. The van der Waals surface area contributed by atoms with Gasteiger partial charge in [-0.1, -0.05) is 43.3 Å². The van der Waals surface area contributed by atoms with E-state index >= 15 is 0 Å². The number of nitrogens with one attached hydrogen (secondary N) is 1. The van der Waals surface area contributed by atoms with Crippen molar-refractivity contribution in [2.75, 3.05) is 11.9 Å². The predicted octanol–water partition coefficient (Wildman–Crippen LogP) is 4.98. The Morgan fingerprint density at radius 2 is 2.04 bits per heavy atom. The molecule has 1 unspecified atom stereocenters. The van der Waals surface area contributed by atoms with Crippen molar-refractivity contribution in [1.82, 2.24) is 0 Å². The van der Waals surface area contributed by atoms with Crippen LogP contribution in [0, 0.1) is 0 Å². The number of anilines is 1. The summed E-state index contributed by atoms with van der Waals surface area (Å²) < 4.78 is 5.13. The molecule has 1 aromatic heterocycles. The Balaban J connectivity index is 2.29. The second-order valence-corrected chi connectivity index (χ2v) is 6.70. The van der Waals surface area contributed by atoms with Crippen LogP contribution < -0.4 is 5.32 Å². The lowest BCUT2D eigenvalue weighted by Crippen LogP contribution is -2.13. The van der Waals surface area contributed by atoms with Crippen LogP contribution >= 0.6 is 11.3 Å². The summed E-state index contributed by atoms with van der Waals surface area (Å²) in [6, 6.07) is 11.9. The number of carbonyl (C=O) groups is 2. The number of ether oxygens (including phenoxy) is 1. The Bertz CT molecular complexity index is 737. The molecule has 0 saturated carbocycles. The van der Waals surface area contributed by atoms with Gasteiger partial charge in [-0.15, -0.1) is 17.9 Å². The Morgan fingerprint density at radius 3 is 2.68 bits per heavy atom. The topological polar surface area (TPSA) is 55.4 Å². The molecule has 1 heterocycles. The van der Waals surface area contributed by atoms with Gasteiger partial charge in [-0.3, -0.25) is 4.79 Å². The second-order valence-electron chi connectivity index (χ2n) is 5.62. The minimum atomic E-state index is -0.413. The van der Waals surface area contributed by atoms with Crippen molar-refractivity contribution >= 4 is 28.2 Å². The highest BCUT2D eigenvalue weighted by molar-refractivity contribution is 7.16. The summed E-state index contributed by atoms with van der Waals surface area (Å²) in [7, 11) is 0. The molecule has 0 fully saturated rings. The van der Waals surface area contributed by atoms with Crippen molar-refractivity contribution < 1.29 is 14.3 Å². The number of benzene rings is 1. The lowest BCUT2D eigenvalue weighted by atomic mass is 9.99. The van der Waals surface area contributed by atoms with Crippen LogP contribution in [0.2, 0.25) is 0 Å². The normalized spacial score (nSPS) is 11.6. The molecule has 2 aromatic rings. The molecular weight excluding hydrogens is 334 g/mol. The maximum Gasteiger partial charge on any atom is 0.341 e. The van der Waals surface area contributed by atoms with Gasteiger partial charge in [0.25, 0.3) is 0 Å². The Kier molecular flexibility index (Phi) is 6.95. The third-order valence-electron chi connectivity index (χ3n) is 3.80. The smallest absolute Gasteiger partial charge is 0.341 e. The average Bonchev–Trinajstić information content (AvgIpc) is 3.04. The minimum Gasteiger partial charge on any atom is -0.462 e. The van der Waals surface area contributed by atoms with Gasteiger partial charge in [-0.05, 0) is 25.0 Å². The molecule has 0 saturated heterocycles. The van der Waals surface area contributed by atoms with E-state index < -0.39 is 5.97 Å². The molecule has 0 bridgehead atoms. The van der Waals surface area contributed by atoms with Crippen LogP contribution in [0.15, 0.2) is 49.1 Å². The highest BCUT2D eigenvalue weighted by Gasteiger charge is 2.21.